The molecule has 0 aromatic heterocycles. The molecule has 26 heavy (non-hydrogen) atoms. The van der Waals surface area contributed by atoms with Crippen molar-refractivity contribution < 1.29 is 18.3 Å². The number of hydrogen-bond acceptors (Lipinski definition) is 3. The van der Waals surface area contributed by atoms with Gasteiger partial charge in [-0.1, -0.05) is 48.0 Å². The predicted molar refractivity (Wildman–Crippen MR) is 104 cm³/mol. The van der Waals surface area contributed by atoms with E-state index in [2.05, 4.69) is 4.72 Å². The second-order valence-corrected chi connectivity index (χ2v) is 7.54. The number of rotatable bonds is 8. The number of hydrogen-bond donors (Lipinski definition) is 2. The van der Waals surface area contributed by atoms with Gasteiger partial charge in [-0.3, -0.25) is 0 Å². The van der Waals surface area contributed by atoms with Crippen molar-refractivity contribution in [1.29, 1.82) is 0 Å². The molecule has 0 aliphatic heterocycles. The zero-order valence-corrected chi connectivity index (χ0v) is 15.4. The van der Waals surface area contributed by atoms with Crippen LogP contribution in [0.1, 0.15) is 16.7 Å². The number of carboxylic acid groups (broad SMARTS) is 1. The maximum absolute atomic E-state index is 12.0. The fourth-order valence-corrected chi connectivity index (χ4v) is 3.04. The first-order valence-electron chi connectivity index (χ1n) is 7.77. The van der Waals surface area contributed by atoms with E-state index in [1.807, 2.05) is 12.1 Å². The molecule has 0 bridgehead atoms. The van der Waals surface area contributed by atoms with Gasteiger partial charge in [-0.05, 0) is 47.4 Å². The number of sulfonamides is 1. The van der Waals surface area contributed by atoms with E-state index in [0.29, 0.717) is 11.4 Å². The van der Waals surface area contributed by atoms with Gasteiger partial charge in [0, 0.05) is 23.1 Å². The summed E-state index contributed by atoms with van der Waals surface area (Å²) in [6.07, 6.45) is 4.59. The largest absolute Gasteiger partial charge is 0.478 e. The zero-order chi connectivity index (χ0) is 19.0. The summed E-state index contributed by atoms with van der Waals surface area (Å²) < 4.78 is 26.5. The Bertz CT molecular complexity index is 902. The molecule has 0 unspecified atom stereocenters. The monoisotopic (exact) mass is 391 g/mol. The Labute approximate surface area is 157 Å². The first-order valence-corrected chi connectivity index (χ1v) is 9.70. The third-order valence-corrected chi connectivity index (χ3v) is 4.78. The van der Waals surface area contributed by atoms with Gasteiger partial charge in [-0.25, -0.2) is 17.9 Å². The predicted octanol–water partition coefficient (Wildman–Crippen LogP) is 3.57. The average Bonchev–Trinajstić information content (AvgIpc) is 2.60. The van der Waals surface area contributed by atoms with E-state index in [1.165, 1.54) is 12.2 Å². The van der Waals surface area contributed by atoms with Crippen molar-refractivity contribution in [2.24, 2.45) is 0 Å². The van der Waals surface area contributed by atoms with Crippen molar-refractivity contribution >= 4 is 39.7 Å². The van der Waals surface area contributed by atoms with Gasteiger partial charge in [-0.2, -0.15) is 0 Å². The average molecular weight is 392 g/mol. The van der Waals surface area contributed by atoms with E-state index in [1.54, 1.807) is 36.4 Å². The van der Waals surface area contributed by atoms with Crippen LogP contribution in [-0.4, -0.2) is 26.0 Å². The van der Waals surface area contributed by atoms with Gasteiger partial charge >= 0.3 is 5.97 Å². The minimum atomic E-state index is -3.53. The van der Waals surface area contributed by atoms with Crippen LogP contribution in [0.3, 0.4) is 0 Å². The van der Waals surface area contributed by atoms with Gasteiger partial charge in [0.05, 0.1) is 0 Å². The lowest BCUT2D eigenvalue weighted by Gasteiger charge is -2.04. The molecule has 0 amide bonds. The highest BCUT2D eigenvalue weighted by atomic mass is 35.5. The number of nitrogens with one attached hydrogen (secondary N) is 1. The van der Waals surface area contributed by atoms with Crippen molar-refractivity contribution in [2.75, 3.05) is 6.54 Å². The summed E-state index contributed by atoms with van der Waals surface area (Å²) in [5.74, 6) is -1.00. The normalized spacial score (nSPS) is 12.0. The molecule has 2 N–H and O–H groups in total. The van der Waals surface area contributed by atoms with Crippen LogP contribution in [0.2, 0.25) is 5.02 Å². The Morgan fingerprint density at radius 1 is 1.00 bits per heavy atom. The van der Waals surface area contributed by atoms with Crippen LogP contribution < -0.4 is 4.72 Å². The Morgan fingerprint density at radius 2 is 1.58 bits per heavy atom. The third-order valence-electron chi connectivity index (χ3n) is 3.42. The molecule has 136 valence electrons. The zero-order valence-electron chi connectivity index (χ0n) is 13.8. The molecule has 0 saturated heterocycles. The van der Waals surface area contributed by atoms with Crippen molar-refractivity contribution in [2.45, 2.75) is 6.42 Å². The highest BCUT2D eigenvalue weighted by Gasteiger charge is 2.04. The topological polar surface area (TPSA) is 83.5 Å². The van der Waals surface area contributed by atoms with Crippen LogP contribution in [0, 0.1) is 0 Å². The van der Waals surface area contributed by atoms with Crippen LogP contribution in [0.15, 0.2) is 60.0 Å². The lowest BCUT2D eigenvalue weighted by atomic mass is 10.1. The third kappa shape index (κ3) is 7.23. The lowest BCUT2D eigenvalue weighted by Crippen LogP contribution is -2.23. The summed E-state index contributed by atoms with van der Waals surface area (Å²) in [5.41, 5.74) is 2.45. The van der Waals surface area contributed by atoms with Crippen LogP contribution in [0.25, 0.3) is 12.2 Å². The maximum Gasteiger partial charge on any atom is 0.328 e. The molecule has 0 heterocycles. The molecule has 0 fully saturated rings. The molecule has 2 aromatic carbocycles. The second kappa shape index (κ2) is 9.33. The molecular formula is C19H18ClNO4S. The Hall–Kier alpha value is -2.41. The Kier molecular flexibility index (Phi) is 7.15. The number of benzene rings is 2. The minimum Gasteiger partial charge on any atom is -0.478 e. The fourth-order valence-electron chi connectivity index (χ4n) is 2.09. The molecule has 0 spiro atoms. The van der Waals surface area contributed by atoms with E-state index in [9.17, 15) is 13.2 Å². The molecule has 0 atom stereocenters. The van der Waals surface area contributed by atoms with Gasteiger partial charge < -0.3 is 5.11 Å². The summed E-state index contributed by atoms with van der Waals surface area (Å²) in [6.45, 7) is 0.262. The van der Waals surface area contributed by atoms with Crippen LogP contribution >= 0.6 is 11.6 Å². The number of halogens is 1. The summed E-state index contributed by atoms with van der Waals surface area (Å²) in [4.78, 5) is 10.5. The molecule has 0 aliphatic carbocycles. The van der Waals surface area contributed by atoms with Gasteiger partial charge in [0.2, 0.25) is 10.0 Å². The SMILES string of the molecule is O=C(O)C=Cc1ccc(CCNS(=O)(=O)C=Cc2ccc(Cl)cc2)cc1. The van der Waals surface area contributed by atoms with Crippen LogP contribution in [0.5, 0.6) is 0 Å². The smallest absolute Gasteiger partial charge is 0.328 e. The highest BCUT2D eigenvalue weighted by molar-refractivity contribution is 7.92. The van der Waals surface area contributed by atoms with Crippen molar-refractivity contribution in [1.82, 2.24) is 4.72 Å². The summed E-state index contributed by atoms with van der Waals surface area (Å²) in [6, 6.07) is 14.1. The van der Waals surface area contributed by atoms with Crippen molar-refractivity contribution in [3.05, 3.63) is 81.7 Å². The van der Waals surface area contributed by atoms with Crippen molar-refractivity contribution in [3.63, 3.8) is 0 Å². The van der Waals surface area contributed by atoms with Crippen LogP contribution in [0.4, 0.5) is 0 Å². The standard InChI is InChI=1S/C19H18ClNO4S/c20-18-8-5-17(6-9-18)12-14-26(24,25)21-13-11-16-3-1-15(2-4-16)7-10-19(22)23/h1-10,12,14,21H,11,13H2,(H,22,23). The summed E-state index contributed by atoms with van der Waals surface area (Å²) in [5, 5.41) is 10.3. The molecule has 0 aliphatic rings. The summed E-state index contributed by atoms with van der Waals surface area (Å²) in [7, 11) is -3.53. The first kappa shape index (κ1) is 19.9. The summed E-state index contributed by atoms with van der Waals surface area (Å²) >= 11 is 5.79. The fraction of sp³-hybridized carbons (Fsp3) is 0.105. The highest BCUT2D eigenvalue weighted by Crippen LogP contribution is 2.11. The molecular weight excluding hydrogens is 374 g/mol. The van der Waals surface area contributed by atoms with E-state index < -0.39 is 16.0 Å². The molecule has 0 saturated carbocycles. The van der Waals surface area contributed by atoms with Gasteiger partial charge in [0.1, 0.15) is 0 Å². The minimum absolute atomic E-state index is 0.262. The number of aliphatic carboxylic acids is 1. The first-order chi connectivity index (χ1) is 12.3. The molecule has 2 aromatic rings. The van der Waals surface area contributed by atoms with Gasteiger partial charge in [-0.15, -0.1) is 0 Å². The number of carboxylic acids is 1. The maximum atomic E-state index is 12.0. The van der Waals surface area contributed by atoms with E-state index >= 15 is 0 Å². The lowest BCUT2D eigenvalue weighted by molar-refractivity contribution is -0.131. The van der Waals surface area contributed by atoms with Crippen LogP contribution in [-0.2, 0) is 21.2 Å². The van der Waals surface area contributed by atoms with Gasteiger partial charge in [0.15, 0.2) is 0 Å². The van der Waals surface area contributed by atoms with E-state index in [-0.39, 0.29) is 6.54 Å². The Balaban J connectivity index is 1.85. The van der Waals surface area contributed by atoms with E-state index in [4.69, 9.17) is 16.7 Å². The quantitative estimate of drug-likeness (QED) is 0.674. The van der Waals surface area contributed by atoms with Gasteiger partial charge in [0.25, 0.3) is 0 Å². The number of carbonyl (C=O) groups is 1. The molecule has 2 rings (SSSR count). The molecule has 5 nitrogen and oxygen atoms in total. The second-order valence-electron chi connectivity index (χ2n) is 5.46. The molecule has 7 heteroatoms. The van der Waals surface area contributed by atoms with E-state index in [0.717, 1.165) is 28.2 Å². The Morgan fingerprint density at radius 3 is 2.19 bits per heavy atom. The van der Waals surface area contributed by atoms with Crippen molar-refractivity contribution in [3.8, 4) is 0 Å². The molecule has 0 radical (unpaired) electrons.